The molecule has 1 aliphatic rings. The van der Waals surface area contributed by atoms with Crippen molar-refractivity contribution in [2.24, 2.45) is 0 Å². The first-order valence-corrected chi connectivity index (χ1v) is 11.8. The zero-order chi connectivity index (χ0) is 23.2. The molecule has 0 saturated heterocycles. The molecule has 2 amide bonds. The molecule has 0 radical (unpaired) electrons. The Labute approximate surface area is 201 Å². The van der Waals surface area contributed by atoms with Crippen LogP contribution < -0.4 is 20.1 Å². The quantitative estimate of drug-likeness (QED) is 0.475. The van der Waals surface area contributed by atoms with Crippen LogP contribution in [0.1, 0.15) is 28.4 Å². The lowest BCUT2D eigenvalue weighted by atomic mass is 10.0. The van der Waals surface area contributed by atoms with Gasteiger partial charge in [0, 0.05) is 16.3 Å². The van der Waals surface area contributed by atoms with E-state index in [9.17, 15) is 9.59 Å². The van der Waals surface area contributed by atoms with Gasteiger partial charge in [0.25, 0.3) is 11.8 Å². The van der Waals surface area contributed by atoms with Gasteiger partial charge in [-0.25, -0.2) is 0 Å². The minimum Gasteiger partial charge on any atom is -0.495 e. The summed E-state index contributed by atoms with van der Waals surface area (Å²) in [7, 11) is 1.52. The Morgan fingerprint density at radius 1 is 1.06 bits per heavy atom. The maximum absolute atomic E-state index is 13.1. The van der Waals surface area contributed by atoms with Crippen molar-refractivity contribution >= 4 is 40.9 Å². The molecule has 1 aliphatic heterocycles. The van der Waals surface area contributed by atoms with Gasteiger partial charge in [-0.05, 0) is 48.4 Å². The topological polar surface area (TPSA) is 76.7 Å². The number of nitrogens with one attached hydrogen (secondary N) is 2. The van der Waals surface area contributed by atoms with Gasteiger partial charge in [0.05, 0.1) is 23.7 Å². The Kier molecular flexibility index (Phi) is 7.42. The molecule has 2 N–H and O–H groups in total. The van der Waals surface area contributed by atoms with Crippen LogP contribution in [0.4, 0.5) is 5.69 Å². The van der Waals surface area contributed by atoms with Crippen LogP contribution >= 0.6 is 23.4 Å². The molecule has 0 saturated carbocycles. The van der Waals surface area contributed by atoms with Gasteiger partial charge in [0.2, 0.25) is 0 Å². The molecule has 1 unspecified atom stereocenters. The van der Waals surface area contributed by atoms with E-state index in [-0.39, 0.29) is 24.5 Å². The maximum atomic E-state index is 13.1. The molecule has 33 heavy (non-hydrogen) atoms. The molecule has 3 aromatic carbocycles. The minimum absolute atomic E-state index is 0.0638. The first-order chi connectivity index (χ1) is 16.0. The summed E-state index contributed by atoms with van der Waals surface area (Å²) >= 11 is 7.90. The molecule has 1 atom stereocenters. The fourth-order valence-electron chi connectivity index (χ4n) is 3.59. The van der Waals surface area contributed by atoms with Crippen molar-refractivity contribution in [1.29, 1.82) is 0 Å². The van der Waals surface area contributed by atoms with Crippen molar-refractivity contribution in [2.45, 2.75) is 17.4 Å². The molecule has 0 fully saturated rings. The average molecular weight is 483 g/mol. The number of methoxy groups -OCH3 is 1. The zero-order valence-corrected chi connectivity index (χ0v) is 19.5. The van der Waals surface area contributed by atoms with Crippen molar-refractivity contribution in [3.8, 4) is 11.5 Å². The lowest BCUT2D eigenvalue weighted by Crippen LogP contribution is -2.31. The lowest BCUT2D eigenvalue weighted by Gasteiger charge is -2.26. The van der Waals surface area contributed by atoms with Gasteiger partial charge >= 0.3 is 0 Å². The number of carbonyl (C=O) groups is 2. The van der Waals surface area contributed by atoms with Gasteiger partial charge < -0.3 is 20.1 Å². The van der Waals surface area contributed by atoms with Crippen LogP contribution in [0.3, 0.4) is 0 Å². The molecule has 0 spiro atoms. The number of amides is 2. The second-order valence-electron chi connectivity index (χ2n) is 7.38. The molecule has 0 aromatic heterocycles. The Balaban J connectivity index is 1.40. The van der Waals surface area contributed by atoms with E-state index in [1.807, 2.05) is 18.2 Å². The number of halogens is 1. The molecule has 170 valence electrons. The van der Waals surface area contributed by atoms with E-state index in [1.54, 1.807) is 54.2 Å². The van der Waals surface area contributed by atoms with Crippen LogP contribution in [0.15, 0.2) is 71.6 Å². The highest BCUT2D eigenvalue weighted by molar-refractivity contribution is 7.99. The summed E-state index contributed by atoms with van der Waals surface area (Å²) in [5.41, 5.74) is 2.03. The molecule has 8 heteroatoms. The number of rotatable bonds is 7. The number of ether oxygens (including phenoxy) is 2. The predicted molar refractivity (Wildman–Crippen MR) is 131 cm³/mol. The van der Waals surface area contributed by atoms with E-state index >= 15 is 0 Å². The highest BCUT2D eigenvalue weighted by Crippen LogP contribution is 2.36. The fourth-order valence-corrected chi connectivity index (χ4v) is 4.98. The lowest BCUT2D eigenvalue weighted by molar-refractivity contribution is -0.118. The molecule has 3 aromatic rings. The summed E-state index contributed by atoms with van der Waals surface area (Å²) < 4.78 is 10.8. The summed E-state index contributed by atoms with van der Waals surface area (Å²) in [6.07, 6.45) is 0.850. The van der Waals surface area contributed by atoms with Crippen LogP contribution in [-0.4, -0.2) is 31.3 Å². The third-order valence-electron chi connectivity index (χ3n) is 5.19. The molecule has 0 bridgehead atoms. The number of thioether (sulfide) groups is 1. The highest BCUT2D eigenvalue weighted by atomic mass is 35.5. The van der Waals surface area contributed by atoms with Crippen LogP contribution in [-0.2, 0) is 4.79 Å². The van der Waals surface area contributed by atoms with E-state index in [1.165, 1.54) is 12.0 Å². The minimum atomic E-state index is -0.371. The first kappa shape index (κ1) is 23.0. The van der Waals surface area contributed by atoms with E-state index < -0.39 is 0 Å². The van der Waals surface area contributed by atoms with Gasteiger partial charge in [0.15, 0.2) is 6.61 Å². The number of carbonyl (C=O) groups excluding carboxylic acids is 2. The van der Waals surface area contributed by atoms with Gasteiger partial charge in [0.1, 0.15) is 11.5 Å². The van der Waals surface area contributed by atoms with Gasteiger partial charge in [-0.15, -0.1) is 11.8 Å². The van der Waals surface area contributed by atoms with Gasteiger partial charge in [-0.3, -0.25) is 9.59 Å². The number of hydrogen-bond donors (Lipinski definition) is 2. The van der Waals surface area contributed by atoms with Crippen molar-refractivity contribution in [1.82, 2.24) is 5.32 Å². The van der Waals surface area contributed by atoms with Crippen LogP contribution in [0.25, 0.3) is 0 Å². The maximum Gasteiger partial charge on any atom is 0.262 e. The van der Waals surface area contributed by atoms with Gasteiger partial charge in [-0.1, -0.05) is 41.9 Å². The Hall–Kier alpha value is -3.16. The Bertz CT molecular complexity index is 1170. The third-order valence-corrected chi connectivity index (χ3v) is 6.61. The van der Waals surface area contributed by atoms with Crippen molar-refractivity contribution < 1.29 is 19.1 Å². The van der Waals surface area contributed by atoms with E-state index in [2.05, 4.69) is 16.7 Å². The third kappa shape index (κ3) is 5.61. The number of benzene rings is 3. The SMILES string of the molecule is COc1ccc(NC(=O)COc2ccccc2C(=O)NC2CCSc3ccccc32)cc1Cl. The fraction of sp³-hybridized carbons (Fsp3) is 0.200. The summed E-state index contributed by atoms with van der Waals surface area (Å²) in [5.74, 6) is 1.20. The highest BCUT2D eigenvalue weighted by Gasteiger charge is 2.23. The summed E-state index contributed by atoms with van der Waals surface area (Å²) in [6, 6.07) is 19.9. The van der Waals surface area contributed by atoms with Crippen molar-refractivity contribution in [3.63, 3.8) is 0 Å². The van der Waals surface area contributed by atoms with Crippen LogP contribution in [0.5, 0.6) is 11.5 Å². The van der Waals surface area contributed by atoms with Crippen LogP contribution in [0.2, 0.25) is 5.02 Å². The van der Waals surface area contributed by atoms with E-state index in [0.29, 0.717) is 27.8 Å². The average Bonchev–Trinajstić information content (AvgIpc) is 2.83. The Morgan fingerprint density at radius 2 is 1.85 bits per heavy atom. The predicted octanol–water partition coefficient (Wildman–Crippen LogP) is 5.33. The standard InChI is InChI=1S/C25H23ClN2O4S/c1-31-22-11-10-16(14-19(22)26)27-24(29)15-32-21-8-4-2-7-18(21)25(30)28-20-12-13-33-23-9-5-3-6-17(20)23/h2-11,14,20H,12-13,15H2,1H3,(H,27,29)(H,28,30). The second-order valence-corrected chi connectivity index (χ2v) is 8.93. The molecule has 6 nitrogen and oxygen atoms in total. The summed E-state index contributed by atoms with van der Waals surface area (Å²) in [6.45, 7) is -0.253. The zero-order valence-electron chi connectivity index (χ0n) is 18.0. The van der Waals surface area contributed by atoms with Gasteiger partial charge in [-0.2, -0.15) is 0 Å². The molecule has 1 heterocycles. The summed E-state index contributed by atoms with van der Waals surface area (Å²) in [5, 5.41) is 6.23. The number of para-hydroxylation sites is 1. The van der Waals surface area contributed by atoms with Crippen molar-refractivity contribution in [2.75, 3.05) is 24.8 Å². The number of fused-ring (bicyclic) bond motifs is 1. The monoisotopic (exact) mass is 482 g/mol. The largest absolute Gasteiger partial charge is 0.495 e. The molecular formula is C25H23ClN2O4S. The van der Waals surface area contributed by atoms with E-state index in [4.69, 9.17) is 21.1 Å². The number of hydrogen-bond acceptors (Lipinski definition) is 5. The second kappa shape index (κ2) is 10.6. The van der Waals surface area contributed by atoms with E-state index in [0.717, 1.165) is 17.7 Å². The molecule has 4 rings (SSSR count). The van der Waals surface area contributed by atoms with Crippen LogP contribution in [0, 0.1) is 0 Å². The smallest absolute Gasteiger partial charge is 0.262 e. The molecular weight excluding hydrogens is 460 g/mol. The number of anilines is 1. The van der Waals surface area contributed by atoms with Crippen molar-refractivity contribution in [3.05, 3.63) is 82.9 Å². The summed E-state index contributed by atoms with van der Waals surface area (Å²) in [4.78, 5) is 26.6. The normalized spacial score (nSPS) is 14.7. The Morgan fingerprint density at radius 3 is 2.67 bits per heavy atom. The first-order valence-electron chi connectivity index (χ1n) is 10.4. The molecule has 0 aliphatic carbocycles.